The molecule has 0 aliphatic heterocycles. The third-order valence-corrected chi connectivity index (χ3v) is 3.06. The highest BCUT2D eigenvalue weighted by Gasteiger charge is 2.26. The van der Waals surface area contributed by atoms with Crippen molar-refractivity contribution in [2.75, 3.05) is 5.32 Å². The van der Waals surface area contributed by atoms with E-state index in [2.05, 4.69) is 5.32 Å². The highest BCUT2D eigenvalue weighted by atomic mass is 16.6. The van der Waals surface area contributed by atoms with Crippen molar-refractivity contribution in [2.24, 2.45) is 5.73 Å². The third kappa shape index (κ3) is 3.40. The van der Waals surface area contributed by atoms with E-state index in [0.717, 1.165) is 17.7 Å². The molecule has 23 heavy (non-hydrogen) atoms. The van der Waals surface area contributed by atoms with Gasteiger partial charge in [-0.15, -0.1) is 0 Å². The summed E-state index contributed by atoms with van der Waals surface area (Å²) in [5.74, 6) is -1.01. The molecule has 9 heteroatoms. The van der Waals surface area contributed by atoms with E-state index in [1.165, 1.54) is 0 Å². The number of nitrogens with zero attached hydrogens (tertiary/aromatic N) is 2. The fraction of sp³-hybridized carbons (Fsp3) is 0.0714. The number of nitro benzene ring substituents is 2. The molecule has 0 saturated carbocycles. The molecule has 2 aromatic rings. The summed E-state index contributed by atoms with van der Waals surface area (Å²) in [4.78, 5) is 32.0. The van der Waals surface area contributed by atoms with Crippen LogP contribution in [0.1, 0.15) is 15.9 Å². The highest BCUT2D eigenvalue weighted by Crippen LogP contribution is 2.35. The van der Waals surface area contributed by atoms with Gasteiger partial charge in [-0.05, 0) is 24.6 Å². The van der Waals surface area contributed by atoms with E-state index in [1.807, 2.05) is 13.0 Å². The number of benzene rings is 2. The second-order valence-corrected chi connectivity index (χ2v) is 4.76. The Bertz CT molecular complexity index is 784. The first-order valence-corrected chi connectivity index (χ1v) is 6.40. The number of carbonyl (C=O) groups is 1. The van der Waals surface area contributed by atoms with Crippen LogP contribution in [0.25, 0.3) is 0 Å². The second-order valence-electron chi connectivity index (χ2n) is 4.76. The van der Waals surface area contributed by atoms with Gasteiger partial charge in [0, 0.05) is 11.8 Å². The van der Waals surface area contributed by atoms with Crippen molar-refractivity contribution in [3.63, 3.8) is 0 Å². The molecule has 2 rings (SSSR count). The fourth-order valence-corrected chi connectivity index (χ4v) is 2.05. The topological polar surface area (TPSA) is 141 Å². The molecule has 0 atom stereocenters. The fourth-order valence-electron chi connectivity index (χ4n) is 2.05. The van der Waals surface area contributed by atoms with Gasteiger partial charge in [0.05, 0.1) is 21.5 Å². The van der Waals surface area contributed by atoms with Gasteiger partial charge in [-0.2, -0.15) is 0 Å². The summed E-state index contributed by atoms with van der Waals surface area (Å²) >= 11 is 0. The number of non-ortho nitro benzene ring substituents is 1. The standard InChI is InChI=1S/C14H12N4O5/c1-8-3-2-4-9(5-8)16-13-11(14(15)19)6-10(17(20)21)7-12(13)18(22)23/h2-7,16H,1H3,(H2,15,19). The molecular formula is C14H12N4O5. The molecule has 0 aromatic heterocycles. The van der Waals surface area contributed by atoms with Crippen molar-refractivity contribution in [3.05, 3.63) is 67.8 Å². The zero-order chi connectivity index (χ0) is 17.1. The van der Waals surface area contributed by atoms with E-state index >= 15 is 0 Å². The molecule has 0 bridgehead atoms. The van der Waals surface area contributed by atoms with Crippen LogP contribution in [0.5, 0.6) is 0 Å². The molecule has 0 fully saturated rings. The predicted molar refractivity (Wildman–Crippen MR) is 82.7 cm³/mol. The monoisotopic (exact) mass is 316 g/mol. The first-order valence-electron chi connectivity index (χ1n) is 6.40. The number of hydrogen-bond donors (Lipinski definition) is 2. The third-order valence-electron chi connectivity index (χ3n) is 3.06. The number of hydrogen-bond acceptors (Lipinski definition) is 6. The first-order chi connectivity index (χ1) is 10.8. The Morgan fingerprint density at radius 3 is 2.35 bits per heavy atom. The van der Waals surface area contributed by atoms with Gasteiger partial charge in [0.15, 0.2) is 0 Å². The van der Waals surface area contributed by atoms with Crippen LogP contribution in [0, 0.1) is 27.2 Å². The van der Waals surface area contributed by atoms with Crippen molar-refractivity contribution in [1.29, 1.82) is 0 Å². The molecule has 1 amide bonds. The molecule has 3 N–H and O–H groups in total. The SMILES string of the molecule is Cc1cccc(Nc2c(C(N)=O)cc([N+](=O)[O-])cc2[N+](=O)[O-])c1. The molecule has 0 saturated heterocycles. The van der Waals surface area contributed by atoms with Crippen LogP contribution < -0.4 is 11.1 Å². The van der Waals surface area contributed by atoms with E-state index in [1.54, 1.807) is 18.2 Å². The number of primary amides is 1. The van der Waals surface area contributed by atoms with E-state index in [9.17, 15) is 25.0 Å². The lowest BCUT2D eigenvalue weighted by molar-refractivity contribution is -0.393. The molecule has 0 heterocycles. The van der Waals surface area contributed by atoms with Gasteiger partial charge in [-0.3, -0.25) is 25.0 Å². The second kappa shape index (κ2) is 6.10. The van der Waals surface area contributed by atoms with E-state index in [4.69, 9.17) is 5.73 Å². The maximum Gasteiger partial charge on any atom is 0.300 e. The Morgan fingerprint density at radius 1 is 1.13 bits per heavy atom. The Kier molecular flexibility index (Phi) is 4.21. The van der Waals surface area contributed by atoms with Crippen molar-refractivity contribution < 1.29 is 14.6 Å². The Morgan fingerprint density at radius 2 is 1.83 bits per heavy atom. The summed E-state index contributed by atoms with van der Waals surface area (Å²) in [5.41, 5.74) is 4.90. The van der Waals surface area contributed by atoms with Crippen LogP contribution in [-0.4, -0.2) is 15.8 Å². The number of anilines is 2. The summed E-state index contributed by atoms with van der Waals surface area (Å²) in [6.45, 7) is 1.82. The van der Waals surface area contributed by atoms with Crippen LogP contribution in [0.3, 0.4) is 0 Å². The number of nitrogens with one attached hydrogen (secondary N) is 1. The van der Waals surface area contributed by atoms with Crippen LogP contribution >= 0.6 is 0 Å². The first kappa shape index (κ1) is 15.9. The van der Waals surface area contributed by atoms with Crippen LogP contribution in [0.15, 0.2) is 36.4 Å². The molecule has 2 aromatic carbocycles. The zero-order valence-electron chi connectivity index (χ0n) is 12.0. The van der Waals surface area contributed by atoms with Gasteiger partial charge < -0.3 is 11.1 Å². The number of carbonyl (C=O) groups excluding carboxylic acids is 1. The van der Waals surface area contributed by atoms with Crippen LogP contribution in [0.2, 0.25) is 0 Å². The Balaban J connectivity index is 2.66. The number of aryl methyl sites for hydroxylation is 1. The van der Waals surface area contributed by atoms with Crippen molar-refractivity contribution in [1.82, 2.24) is 0 Å². The smallest absolute Gasteiger partial charge is 0.300 e. The summed E-state index contributed by atoms with van der Waals surface area (Å²) in [7, 11) is 0. The van der Waals surface area contributed by atoms with E-state index < -0.39 is 27.1 Å². The average molecular weight is 316 g/mol. The molecule has 0 aliphatic carbocycles. The Hall–Kier alpha value is -3.49. The van der Waals surface area contributed by atoms with Crippen molar-refractivity contribution in [3.8, 4) is 0 Å². The minimum Gasteiger partial charge on any atom is -0.366 e. The molecule has 9 nitrogen and oxygen atoms in total. The highest BCUT2D eigenvalue weighted by molar-refractivity contribution is 6.02. The average Bonchev–Trinajstić information content (AvgIpc) is 2.46. The predicted octanol–water partition coefficient (Wildman–Crippen LogP) is 2.65. The summed E-state index contributed by atoms with van der Waals surface area (Å²) in [6.07, 6.45) is 0. The normalized spacial score (nSPS) is 10.1. The van der Waals surface area contributed by atoms with Gasteiger partial charge >= 0.3 is 0 Å². The van der Waals surface area contributed by atoms with E-state index in [0.29, 0.717) is 5.69 Å². The maximum absolute atomic E-state index is 11.6. The van der Waals surface area contributed by atoms with Gasteiger partial charge in [-0.25, -0.2) is 0 Å². The van der Waals surface area contributed by atoms with Gasteiger partial charge in [0.2, 0.25) is 0 Å². The quantitative estimate of drug-likeness (QED) is 0.641. The molecule has 0 aliphatic rings. The molecular weight excluding hydrogens is 304 g/mol. The largest absolute Gasteiger partial charge is 0.366 e. The molecule has 0 radical (unpaired) electrons. The molecule has 118 valence electrons. The summed E-state index contributed by atoms with van der Waals surface area (Å²) < 4.78 is 0. The lowest BCUT2D eigenvalue weighted by Crippen LogP contribution is -2.15. The van der Waals surface area contributed by atoms with Crippen LogP contribution in [-0.2, 0) is 0 Å². The van der Waals surface area contributed by atoms with Gasteiger partial charge in [0.25, 0.3) is 17.3 Å². The van der Waals surface area contributed by atoms with Gasteiger partial charge in [0.1, 0.15) is 5.69 Å². The minimum atomic E-state index is -1.01. The zero-order valence-corrected chi connectivity index (χ0v) is 12.0. The van der Waals surface area contributed by atoms with Crippen molar-refractivity contribution >= 4 is 28.7 Å². The number of amides is 1. The van der Waals surface area contributed by atoms with Crippen LogP contribution in [0.4, 0.5) is 22.7 Å². The van der Waals surface area contributed by atoms with Gasteiger partial charge in [-0.1, -0.05) is 12.1 Å². The maximum atomic E-state index is 11.6. The molecule has 0 spiro atoms. The number of nitro groups is 2. The lowest BCUT2D eigenvalue weighted by atomic mass is 10.1. The minimum absolute atomic E-state index is 0.182. The number of nitrogens with two attached hydrogens (primary N) is 1. The molecule has 0 unspecified atom stereocenters. The lowest BCUT2D eigenvalue weighted by Gasteiger charge is -2.11. The summed E-state index contributed by atoms with van der Waals surface area (Å²) in [5, 5.41) is 24.8. The number of rotatable bonds is 5. The van der Waals surface area contributed by atoms with Crippen molar-refractivity contribution in [2.45, 2.75) is 6.92 Å². The summed E-state index contributed by atoms with van der Waals surface area (Å²) in [6, 6.07) is 8.58. The van der Waals surface area contributed by atoms with E-state index in [-0.39, 0.29) is 11.3 Å². The Labute approximate surface area is 130 Å².